The highest BCUT2D eigenvalue weighted by Crippen LogP contribution is 2.12. The first-order chi connectivity index (χ1) is 9.17. The number of anilines is 1. The molecule has 19 heavy (non-hydrogen) atoms. The van der Waals surface area contributed by atoms with Gasteiger partial charge >= 0.3 is 0 Å². The summed E-state index contributed by atoms with van der Waals surface area (Å²) in [7, 11) is 0. The molecule has 0 atom stereocenters. The lowest BCUT2D eigenvalue weighted by atomic mass is 10.1. The van der Waals surface area contributed by atoms with Crippen molar-refractivity contribution in [2.24, 2.45) is 0 Å². The Labute approximate surface area is 130 Å². The Morgan fingerprint density at radius 3 is 2.26 bits per heavy atom. The van der Waals surface area contributed by atoms with Gasteiger partial charge in [-0.2, -0.15) is 0 Å². The molecule has 0 heterocycles. The maximum atomic E-state index is 11.7. The predicted octanol–water partition coefficient (Wildman–Crippen LogP) is 4.16. The molecule has 0 spiro atoms. The van der Waals surface area contributed by atoms with Crippen molar-refractivity contribution in [3.8, 4) is 0 Å². The second-order valence-corrected chi connectivity index (χ2v) is 5.54. The molecule has 0 saturated carbocycles. The topological polar surface area (TPSA) is 46.2 Å². The van der Waals surface area contributed by atoms with Crippen LogP contribution in [0.25, 0.3) is 0 Å². The molecule has 0 aromatic heterocycles. The smallest absolute Gasteiger partial charge is 0.224 e. The van der Waals surface area contributed by atoms with Crippen LogP contribution in [-0.2, 0) is 4.79 Å². The summed E-state index contributed by atoms with van der Waals surface area (Å²) in [5, 5.41) is 4.12. The largest absolute Gasteiger partial charge is 0.326 e. The number of hydrogen-bond donors (Lipinski definition) is 1. The molecule has 0 aliphatic heterocycles. The summed E-state index contributed by atoms with van der Waals surface area (Å²) in [5.41, 5.74) is 1.38. The second kappa shape index (κ2) is 9.26. The first-order valence-corrected chi connectivity index (χ1v) is 8.46. The fourth-order valence-corrected chi connectivity index (χ4v) is 2.32. The molecule has 3 nitrogen and oxygen atoms in total. The maximum absolute atomic E-state index is 11.7. The number of rotatable bonds is 8. The van der Waals surface area contributed by atoms with Crippen molar-refractivity contribution in [1.82, 2.24) is 0 Å². The average molecular weight is 391 g/mol. The number of Topliss-reactive ketones (excluding diaryl/α,β-unsaturated/α-hetero) is 1. The Hall–Kier alpha value is -0.680. The molecule has 5 heteroatoms. The van der Waals surface area contributed by atoms with Gasteiger partial charge in [0.25, 0.3) is 0 Å². The van der Waals surface area contributed by atoms with Crippen LogP contribution < -0.4 is 5.32 Å². The average Bonchev–Trinajstić information content (AvgIpc) is 2.43. The molecule has 0 radical (unpaired) electrons. The van der Waals surface area contributed by atoms with Gasteiger partial charge in [0.05, 0.1) is 5.33 Å². The molecule has 104 valence electrons. The third kappa shape index (κ3) is 6.34. The lowest BCUT2D eigenvalue weighted by Gasteiger charge is -2.05. The maximum Gasteiger partial charge on any atom is 0.224 e. The Morgan fingerprint density at radius 2 is 1.68 bits per heavy atom. The Morgan fingerprint density at radius 1 is 1.00 bits per heavy atom. The summed E-state index contributed by atoms with van der Waals surface area (Å²) in [5.74, 6) is 0.0572. The van der Waals surface area contributed by atoms with Crippen LogP contribution in [0.3, 0.4) is 0 Å². The summed E-state index contributed by atoms with van der Waals surface area (Å²) in [4.78, 5) is 23.1. The molecule has 1 aromatic rings. The molecule has 0 unspecified atom stereocenters. The van der Waals surface area contributed by atoms with Crippen LogP contribution in [0.2, 0.25) is 0 Å². The number of halogens is 2. The van der Waals surface area contributed by atoms with E-state index in [9.17, 15) is 9.59 Å². The Bertz CT molecular complexity index is 418. The number of alkyl halides is 2. The zero-order valence-electron chi connectivity index (χ0n) is 10.6. The minimum absolute atomic E-state index is 0.0224. The summed E-state index contributed by atoms with van der Waals surface area (Å²) in [6, 6.07) is 6.96. The fourth-order valence-electron chi connectivity index (χ4n) is 1.60. The molecular weight excluding hydrogens is 374 g/mol. The number of amides is 1. The number of hydrogen-bond acceptors (Lipinski definition) is 2. The highest BCUT2D eigenvalue weighted by Gasteiger charge is 2.05. The van der Waals surface area contributed by atoms with E-state index in [4.69, 9.17) is 0 Å². The van der Waals surface area contributed by atoms with Crippen LogP contribution in [-0.4, -0.2) is 22.4 Å². The highest BCUT2D eigenvalue weighted by molar-refractivity contribution is 9.09. The predicted molar refractivity (Wildman–Crippen MR) is 85.5 cm³/mol. The van der Waals surface area contributed by atoms with Crippen molar-refractivity contribution in [3.63, 3.8) is 0 Å². The van der Waals surface area contributed by atoms with Gasteiger partial charge in [-0.15, -0.1) is 0 Å². The molecule has 0 saturated heterocycles. The summed E-state index contributed by atoms with van der Waals surface area (Å²) < 4.78 is 0. The quantitative estimate of drug-likeness (QED) is 0.411. The molecule has 0 aliphatic carbocycles. The number of unbranched alkanes of at least 4 members (excludes halogenated alkanes) is 2. The highest BCUT2D eigenvalue weighted by atomic mass is 79.9. The van der Waals surface area contributed by atoms with Crippen LogP contribution in [0.4, 0.5) is 5.69 Å². The molecule has 1 rings (SSSR count). The monoisotopic (exact) mass is 389 g/mol. The summed E-state index contributed by atoms with van der Waals surface area (Å²) in [6.45, 7) is 0. The molecule has 0 bridgehead atoms. The first-order valence-electron chi connectivity index (χ1n) is 6.22. The number of ketones is 1. The van der Waals surface area contributed by atoms with Gasteiger partial charge in [0.1, 0.15) is 0 Å². The number of nitrogens with one attached hydrogen (secondary N) is 1. The van der Waals surface area contributed by atoms with Crippen molar-refractivity contribution in [1.29, 1.82) is 0 Å². The van der Waals surface area contributed by atoms with Crippen LogP contribution in [0.5, 0.6) is 0 Å². The first kappa shape index (κ1) is 16.4. The normalized spacial score (nSPS) is 10.2. The van der Waals surface area contributed by atoms with Crippen molar-refractivity contribution < 1.29 is 9.59 Å². The van der Waals surface area contributed by atoms with E-state index in [0.29, 0.717) is 17.3 Å². The zero-order chi connectivity index (χ0) is 14.1. The zero-order valence-corrected chi connectivity index (χ0v) is 13.8. The summed E-state index contributed by atoms with van der Waals surface area (Å²) in [6.07, 6.45) is 3.58. The lowest BCUT2D eigenvalue weighted by Crippen LogP contribution is -2.11. The number of carbonyl (C=O) groups is 2. The number of benzene rings is 1. The summed E-state index contributed by atoms with van der Waals surface area (Å²) >= 11 is 6.49. The van der Waals surface area contributed by atoms with Gasteiger partial charge in [-0.05, 0) is 37.1 Å². The van der Waals surface area contributed by atoms with Crippen LogP contribution in [0.15, 0.2) is 24.3 Å². The SMILES string of the molecule is O=C(CCCCCBr)Nc1ccc(C(=O)CBr)cc1. The van der Waals surface area contributed by atoms with Crippen LogP contribution in [0.1, 0.15) is 36.0 Å². The van der Waals surface area contributed by atoms with Crippen LogP contribution >= 0.6 is 31.9 Å². The van der Waals surface area contributed by atoms with Crippen molar-refractivity contribution in [3.05, 3.63) is 29.8 Å². The van der Waals surface area contributed by atoms with Gasteiger partial charge in [0.15, 0.2) is 5.78 Å². The van der Waals surface area contributed by atoms with Gasteiger partial charge in [0.2, 0.25) is 5.91 Å². The Balaban J connectivity index is 2.40. The second-order valence-electron chi connectivity index (χ2n) is 4.18. The van der Waals surface area contributed by atoms with E-state index in [2.05, 4.69) is 37.2 Å². The van der Waals surface area contributed by atoms with Gasteiger partial charge in [-0.25, -0.2) is 0 Å². The third-order valence-electron chi connectivity index (χ3n) is 2.65. The lowest BCUT2D eigenvalue weighted by molar-refractivity contribution is -0.116. The molecule has 1 aromatic carbocycles. The van der Waals surface area contributed by atoms with E-state index >= 15 is 0 Å². The van der Waals surface area contributed by atoms with Gasteiger partial charge in [-0.1, -0.05) is 38.3 Å². The van der Waals surface area contributed by atoms with Crippen LogP contribution in [0, 0.1) is 0 Å². The number of carbonyl (C=O) groups excluding carboxylic acids is 2. The Kier molecular flexibility index (Phi) is 7.98. The molecular formula is C14H17Br2NO2. The third-order valence-corrected chi connectivity index (χ3v) is 3.72. The van der Waals surface area contributed by atoms with E-state index < -0.39 is 0 Å². The fraction of sp³-hybridized carbons (Fsp3) is 0.429. The van der Waals surface area contributed by atoms with E-state index in [0.717, 1.165) is 30.3 Å². The van der Waals surface area contributed by atoms with Gasteiger partial charge < -0.3 is 5.32 Å². The van der Waals surface area contributed by atoms with Crippen molar-refractivity contribution in [2.75, 3.05) is 16.0 Å². The minimum atomic E-state index is 0.0224. The molecule has 0 aliphatic rings. The van der Waals surface area contributed by atoms with E-state index in [1.807, 2.05) is 0 Å². The molecule has 0 fully saturated rings. The van der Waals surface area contributed by atoms with E-state index in [1.54, 1.807) is 24.3 Å². The van der Waals surface area contributed by atoms with Gasteiger partial charge in [0, 0.05) is 23.0 Å². The molecule has 1 amide bonds. The van der Waals surface area contributed by atoms with E-state index in [-0.39, 0.29) is 11.7 Å². The molecule has 1 N–H and O–H groups in total. The van der Waals surface area contributed by atoms with Crippen molar-refractivity contribution in [2.45, 2.75) is 25.7 Å². The standard InChI is InChI=1S/C14H17Br2NO2/c15-9-3-1-2-4-14(19)17-12-7-5-11(6-8-12)13(18)10-16/h5-8H,1-4,9-10H2,(H,17,19). The minimum Gasteiger partial charge on any atom is -0.326 e. The van der Waals surface area contributed by atoms with Crippen molar-refractivity contribution >= 4 is 49.2 Å². The van der Waals surface area contributed by atoms with Gasteiger partial charge in [-0.3, -0.25) is 9.59 Å². The van der Waals surface area contributed by atoms with E-state index in [1.165, 1.54) is 0 Å².